The van der Waals surface area contributed by atoms with Crippen molar-refractivity contribution in [3.63, 3.8) is 0 Å². The highest BCUT2D eigenvalue weighted by atomic mass is 16.2. The van der Waals surface area contributed by atoms with Gasteiger partial charge in [-0.15, -0.1) is 0 Å². The number of carbonyl (C=O) groups excluding carboxylic acids is 1. The maximum Gasteiger partial charge on any atom is 0.224 e. The zero-order valence-electron chi connectivity index (χ0n) is 13.8. The first kappa shape index (κ1) is 16.7. The van der Waals surface area contributed by atoms with Gasteiger partial charge in [-0.3, -0.25) is 14.6 Å². The van der Waals surface area contributed by atoms with Crippen molar-refractivity contribution in [1.29, 1.82) is 0 Å². The first-order chi connectivity index (χ1) is 10.2. The number of rotatable bonds is 6. The second kappa shape index (κ2) is 8.11. The molecule has 2 rings (SSSR count). The van der Waals surface area contributed by atoms with E-state index in [9.17, 15) is 4.79 Å². The quantitative estimate of drug-likeness (QED) is 0.785. The predicted molar refractivity (Wildman–Crippen MR) is 86.2 cm³/mol. The monoisotopic (exact) mass is 296 g/mol. The molecule has 0 aliphatic carbocycles. The van der Waals surface area contributed by atoms with E-state index in [0.29, 0.717) is 19.0 Å². The number of nitrogens with two attached hydrogens (primary N) is 1. The smallest absolute Gasteiger partial charge is 0.224 e. The third-order valence-electron chi connectivity index (χ3n) is 5.15. The molecule has 5 heteroatoms. The van der Waals surface area contributed by atoms with Crippen LogP contribution in [0.25, 0.3) is 0 Å². The molecule has 0 spiro atoms. The zero-order valence-corrected chi connectivity index (χ0v) is 13.8. The minimum Gasteiger partial charge on any atom is -0.343 e. The standard InChI is InChI=1S/C16H32N4O/c1-3-18(4-2)16(21)11-15(12-17)20-10-6-9-19-8-5-7-14(19)13-20/h14-15H,3-13,17H2,1-2H3. The molecule has 5 nitrogen and oxygen atoms in total. The van der Waals surface area contributed by atoms with Crippen LogP contribution >= 0.6 is 0 Å². The summed E-state index contributed by atoms with van der Waals surface area (Å²) in [5, 5.41) is 0. The number of amides is 1. The summed E-state index contributed by atoms with van der Waals surface area (Å²) in [6, 6.07) is 0.892. The Morgan fingerprint density at radius 1 is 1.24 bits per heavy atom. The van der Waals surface area contributed by atoms with Gasteiger partial charge >= 0.3 is 0 Å². The fourth-order valence-corrected chi connectivity index (χ4v) is 3.84. The van der Waals surface area contributed by atoms with E-state index in [-0.39, 0.29) is 11.9 Å². The van der Waals surface area contributed by atoms with Gasteiger partial charge in [0.2, 0.25) is 5.91 Å². The number of fused-ring (bicyclic) bond motifs is 1. The van der Waals surface area contributed by atoms with Gasteiger partial charge < -0.3 is 10.6 Å². The molecule has 0 aromatic rings. The Bertz CT molecular complexity index is 332. The Hall–Kier alpha value is -0.650. The van der Waals surface area contributed by atoms with Crippen LogP contribution in [-0.4, -0.2) is 78.5 Å². The Balaban J connectivity index is 1.94. The Morgan fingerprint density at radius 2 is 1.95 bits per heavy atom. The summed E-state index contributed by atoms with van der Waals surface area (Å²) in [7, 11) is 0. The van der Waals surface area contributed by atoms with Crippen molar-refractivity contribution in [3.8, 4) is 0 Å². The van der Waals surface area contributed by atoms with E-state index in [1.165, 1.54) is 32.4 Å². The van der Waals surface area contributed by atoms with Crippen molar-refractivity contribution in [2.24, 2.45) is 5.73 Å². The van der Waals surface area contributed by atoms with Crippen molar-refractivity contribution in [2.45, 2.75) is 51.6 Å². The zero-order chi connectivity index (χ0) is 15.2. The van der Waals surface area contributed by atoms with Gasteiger partial charge in [-0.2, -0.15) is 0 Å². The molecule has 122 valence electrons. The van der Waals surface area contributed by atoms with Gasteiger partial charge in [0, 0.05) is 44.7 Å². The second-order valence-corrected chi connectivity index (χ2v) is 6.34. The Labute approximate surface area is 129 Å². The molecule has 2 atom stereocenters. The highest BCUT2D eigenvalue weighted by Crippen LogP contribution is 2.23. The third-order valence-corrected chi connectivity index (χ3v) is 5.15. The van der Waals surface area contributed by atoms with Crippen molar-refractivity contribution in [3.05, 3.63) is 0 Å². The minimum atomic E-state index is 0.207. The molecule has 0 saturated carbocycles. The van der Waals surface area contributed by atoms with Crippen LogP contribution in [0.4, 0.5) is 0 Å². The lowest BCUT2D eigenvalue weighted by Crippen LogP contribution is -2.47. The minimum absolute atomic E-state index is 0.207. The van der Waals surface area contributed by atoms with Crippen LogP contribution in [0.5, 0.6) is 0 Å². The first-order valence-corrected chi connectivity index (χ1v) is 8.65. The van der Waals surface area contributed by atoms with Gasteiger partial charge in [0.1, 0.15) is 0 Å². The largest absolute Gasteiger partial charge is 0.343 e. The summed E-state index contributed by atoms with van der Waals surface area (Å²) in [6.07, 6.45) is 4.40. The second-order valence-electron chi connectivity index (χ2n) is 6.34. The average molecular weight is 296 g/mol. The first-order valence-electron chi connectivity index (χ1n) is 8.65. The normalized spacial score (nSPS) is 25.4. The molecule has 0 bridgehead atoms. The fraction of sp³-hybridized carbons (Fsp3) is 0.938. The molecule has 2 saturated heterocycles. The summed E-state index contributed by atoms with van der Waals surface area (Å²) >= 11 is 0. The van der Waals surface area contributed by atoms with Crippen molar-refractivity contribution >= 4 is 5.91 Å². The molecule has 2 fully saturated rings. The van der Waals surface area contributed by atoms with Crippen LogP contribution < -0.4 is 5.73 Å². The predicted octanol–water partition coefficient (Wildman–Crippen LogP) is 0.742. The lowest BCUT2D eigenvalue weighted by Gasteiger charge is -2.33. The average Bonchev–Trinajstić information content (AvgIpc) is 2.83. The highest BCUT2D eigenvalue weighted by Gasteiger charge is 2.32. The molecular weight excluding hydrogens is 264 g/mol. The van der Waals surface area contributed by atoms with Crippen LogP contribution in [0, 0.1) is 0 Å². The lowest BCUT2D eigenvalue weighted by molar-refractivity contribution is -0.132. The number of nitrogens with zero attached hydrogens (tertiary/aromatic N) is 3. The molecule has 0 radical (unpaired) electrons. The van der Waals surface area contributed by atoms with Crippen LogP contribution in [0.15, 0.2) is 0 Å². The van der Waals surface area contributed by atoms with Gasteiger partial charge in [-0.1, -0.05) is 0 Å². The van der Waals surface area contributed by atoms with Gasteiger partial charge in [0.05, 0.1) is 0 Å². The van der Waals surface area contributed by atoms with Gasteiger partial charge in [0.15, 0.2) is 0 Å². The van der Waals surface area contributed by atoms with E-state index >= 15 is 0 Å². The fourth-order valence-electron chi connectivity index (χ4n) is 3.84. The molecule has 21 heavy (non-hydrogen) atoms. The third kappa shape index (κ3) is 4.18. The molecule has 2 aliphatic heterocycles. The summed E-state index contributed by atoms with van der Waals surface area (Å²) < 4.78 is 0. The van der Waals surface area contributed by atoms with Crippen LogP contribution in [0.1, 0.15) is 39.5 Å². The van der Waals surface area contributed by atoms with E-state index in [1.807, 2.05) is 18.7 Å². The topological polar surface area (TPSA) is 52.8 Å². The van der Waals surface area contributed by atoms with Gasteiger partial charge in [-0.05, 0) is 52.7 Å². The molecule has 2 aliphatic rings. The van der Waals surface area contributed by atoms with Gasteiger partial charge in [-0.25, -0.2) is 0 Å². The van der Waals surface area contributed by atoms with Crippen molar-refractivity contribution in [2.75, 3.05) is 45.8 Å². The number of hydrogen-bond donors (Lipinski definition) is 1. The van der Waals surface area contributed by atoms with Crippen LogP contribution in [-0.2, 0) is 4.79 Å². The van der Waals surface area contributed by atoms with Gasteiger partial charge in [0.25, 0.3) is 0 Å². The highest BCUT2D eigenvalue weighted by molar-refractivity contribution is 5.76. The molecule has 2 unspecified atom stereocenters. The van der Waals surface area contributed by atoms with E-state index < -0.39 is 0 Å². The van der Waals surface area contributed by atoms with E-state index in [4.69, 9.17) is 5.73 Å². The van der Waals surface area contributed by atoms with Crippen molar-refractivity contribution < 1.29 is 4.79 Å². The van der Waals surface area contributed by atoms with Crippen LogP contribution in [0.2, 0.25) is 0 Å². The summed E-state index contributed by atoms with van der Waals surface area (Å²) in [6.45, 7) is 10.9. The molecule has 0 aromatic carbocycles. The lowest BCUT2D eigenvalue weighted by atomic mass is 10.1. The number of hydrogen-bond acceptors (Lipinski definition) is 4. The summed E-state index contributed by atoms with van der Waals surface area (Å²) in [5.74, 6) is 0.253. The molecule has 1 amide bonds. The molecule has 0 aromatic heterocycles. The molecule has 2 heterocycles. The summed E-state index contributed by atoms with van der Waals surface area (Å²) in [4.78, 5) is 19.4. The van der Waals surface area contributed by atoms with E-state index in [2.05, 4.69) is 9.80 Å². The number of carbonyl (C=O) groups is 1. The van der Waals surface area contributed by atoms with E-state index in [1.54, 1.807) is 0 Å². The maximum absolute atomic E-state index is 12.4. The molecule has 2 N–H and O–H groups in total. The van der Waals surface area contributed by atoms with E-state index in [0.717, 1.165) is 26.2 Å². The summed E-state index contributed by atoms with van der Waals surface area (Å²) in [5.41, 5.74) is 6.00. The Morgan fingerprint density at radius 3 is 2.62 bits per heavy atom. The Kier molecular flexibility index (Phi) is 6.45. The molecular formula is C16H32N4O. The maximum atomic E-state index is 12.4. The van der Waals surface area contributed by atoms with Crippen LogP contribution in [0.3, 0.4) is 0 Å². The van der Waals surface area contributed by atoms with Crippen molar-refractivity contribution in [1.82, 2.24) is 14.7 Å². The SMILES string of the molecule is CCN(CC)C(=O)CC(CN)N1CCCN2CCCC2C1.